The predicted molar refractivity (Wildman–Crippen MR) is 110 cm³/mol. The van der Waals surface area contributed by atoms with Gasteiger partial charge < -0.3 is 5.32 Å². The molecule has 0 saturated carbocycles. The monoisotopic (exact) mass is 397 g/mol. The molecule has 1 aromatic carbocycles. The van der Waals surface area contributed by atoms with Crippen LogP contribution in [-0.4, -0.2) is 51.6 Å². The first kappa shape index (κ1) is 18.9. The molecule has 7 heteroatoms. The standard InChI is InChI=1S/C21H24ClN5O/c22-18-8-6-16(7-9-18)10-11-23-20(28)15-26-12-3-4-17(14-26)21-25-24-19-5-1-2-13-27(19)21/h1-2,5-9,13,17H,3-4,10-12,14-15H2,(H,23,28). The quantitative estimate of drug-likeness (QED) is 0.694. The summed E-state index contributed by atoms with van der Waals surface area (Å²) in [7, 11) is 0. The van der Waals surface area contributed by atoms with Gasteiger partial charge in [-0.2, -0.15) is 0 Å². The van der Waals surface area contributed by atoms with Crippen LogP contribution in [0.5, 0.6) is 0 Å². The van der Waals surface area contributed by atoms with Crippen molar-refractivity contribution >= 4 is 23.2 Å². The van der Waals surface area contributed by atoms with Gasteiger partial charge in [-0.3, -0.25) is 14.1 Å². The van der Waals surface area contributed by atoms with Crippen LogP contribution in [0, 0.1) is 0 Å². The molecule has 0 radical (unpaired) electrons. The van der Waals surface area contributed by atoms with Crippen molar-refractivity contribution in [1.29, 1.82) is 0 Å². The van der Waals surface area contributed by atoms with E-state index in [9.17, 15) is 4.79 Å². The summed E-state index contributed by atoms with van der Waals surface area (Å²) in [5.41, 5.74) is 2.04. The van der Waals surface area contributed by atoms with Crippen LogP contribution in [0.25, 0.3) is 5.65 Å². The Bertz CT molecular complexity index is 939. The smallest absolute Gasteiger partial charge is 0.234 e. The number of pyridine rings is 1. The van der Waals surface area contributed by atoms with Gasteiger partial charge in [-0.15, -0.1) is 10.2 Å². The van der Waals surface area contributed by atoms with Gasteiger partial charge in [0.2, 0.25) is 5.91 Å². The summed E-state index contributed by atoms with van der Waals surface area (Å²) in [6, 6.07) is 13.7. The number of nitrogens with zero attached hydrogens (tertiary/aromatic N) is 4. The van der Waals surface area contributed by atoms with Gasteiger partial charge in [0.15, 0.2) is 5.65 Å². The van der Waals surface area contributed by atoms with Gasteiger partial charge in [0.1, 0.15) is 5.82 Å². The summed E-state index contributed by atoms with van der Waals surface area (Å²) in [6.45, 7) is 2.83. The Balaban J connectivity index is 1.28. The van der Waals surface area contributed by atoms with Gasteiger partial charge in [0.25, 0.3) is 0 Å². The molecule has 1 aliphatic rings. The lowest BCUT2D eigenvalue weighted by Crippen LogP contribution is -2.42. The topological polar surface area (TPSA) is 62.5 Å². The maximum Gasteiger partial charge on any atom is 0.234 e. The summed E-state index contributed by atoms with van der Waals surface area (Å²) in [6.07, 6.45) is 4.94. The number of aromatic nitrogens is 3. The number of carbonyl (C=O) groups is 1. The van der Waals surface area contributed by atoms with Gasteiger partial charge in [-0.25, -0.2) is 0 Å². The molecule has 3 aromatic rings. The van der Waals surface area contributed by atoms with E-state index >= 15 is 0 Å². The van der Waals surface area contributed by atoms with Crippen molar-refractivity contribution in [1.82, 2.24) is 24.8 Å². The Kier molecular flexibility index (Phi) is 5.88. The maximum absolute atomic E-state index is 12.4. The van der Waals surface area contributed by atoms with E-state index in [0.29, 0.717) is 19.0 Å². The molecule has 1 aliphatic heterocycles. The molecule has 6 nitrogen and oxygen atoms in total. The molecule has 1 amide bonds. The van der Waals surface area contributed by atoms with Crippen molar-refractivity contribution < 1.29 is 4.79 Å². The second kappa shape index (κ2) is 8.71. The van der Waals surface area contributed by atoms with Crippen molar-refractivity contribution in [3.05, 3.63) is 65.1 Å². The number of likely N-dealkylation sites (tertiary alicyclic amines) is 1. The van der Waals surface area contributed by atoms with E-state index in [1.807, 2.05) is 48.7 Å². The summed E-state index contributed by atoms with van der Waals surface area (Å²) in [4.78, 5) is 14.6. The molecule has 3 heterocycles. The third-order valence-corrected chi connectivity index (χ3v) is 5.48. The number of hydrogen-bond donors (Lipinski definition) is 1. The predicted octanol–water partition coefficient (Wildman–Crippen LogP) is 2.92. The maximum atomic E-state index is 12.4. The second-order valence-electron chi connectivity index (χ2n) is 7.29. The average molecular weight is 398 g/mol. The summed E-state index contributed by atoms with van der Waals surface area (Å²) >= 11 is 5.90. The molecule has 0 bridgehead atoms. The average Bonchev–Trinajstić information content (AvgIpc) is 3.14. The SMILES string of the molecule is O=C(CN1CCCC(c2nnc3ccccn23)C1)NCCc1ccc(Cl)cc1. The van der Waals surface area contributed by atoms with Gasteiger partial charge in [-0.05, 0) is 55.6 Å². The van der Waals surface area contributed by atoms with E-state index in [4.69, 9.17) is 11.6 Å². The number of amides is 1. The minimum absolute atomic E-state index is 0.0701. The van der Waals surface area contributed by atoms with Crippen molar-refractivity contribution in [3.8, 4) is 0 Å². The fraction of sp³-hybridized carbons (Fsp3) is 0.381. The number of nitrogens with one attached hydrogen (secondary N) is 1. The van der Waals surface area contributed by atoms with E-state index in [1.54, 1.807) is 0 Å². The van der Waals surface area contributed by atoms with Crippen molar-refractivity contribution in [3.63, 3.8) is 0 Å². The molecule has 4 rings (SSSR count). The van der Waals surface area contributed by atoms with E-state index < -0.39 is 0 Å². The normalized spacial score (nSPS) is 17.7. The second-order valence-corrected chi connectivity index (χ2v) is 7.72. The first-order valence-electron chi connectivity index (χ1n) is 9.72. The van der Waals surface area contributed by atoms with E-state index in [0.717, 1.165) is 48.8 Å². The molecular weight excluding hydrogens is 374 g/mol. The lowest BCUT2D eigenvalue weighted by Gasteiger charge is -2.31. The van der Waals surface area contributed by atoms with Crippen LogP contribution in [0.2, 0.25) is 5.02 Å². The van der Waals surface area contributed by atoms with E-state index in [2.05, 4.69) is 24.8 Å². The minimum atomic E-state index is 0.0701. The fourth-order valence-corrected chi connectivity index (χ4v) is 3.93. The largest absolute Gasteiger partial charge is 0.355 e. The van der Waals surface area contributed by atoms with Crippen LogP contribution in [0.4, 0.5) is 0 Å². The number of fused-ring (bicyclic) bond motifs is 1. The first-order chi connectivity index (χ1) is 13.7. The molecular formula is C21H24ClN5O. The Hall–Kier alpha value is -2.44. The molecule has 146 valence electrons. The number of piperidine rings is 1. The highest BCUT2D eigenvalue weighted by Crippen LogP contribution is 2.25. The summed E-state index contributed by atoms with van der Waals surface area (Å²) in [5, 5.41) is 12.4. The Morgan fingerprint density at radius 2 is 2.04 bits per heavy atom. The van der Waals surface area contributed by atoms with Gasteiger partial charge in [0, 0.05) is 30.2 Å². The first-order valence-corrected chi connectivity index (χ1v) is 10.1. The molecule has 0 aliphatic carbocycles. The highest BCUT2D eigenvalue weighted by atomic mass is 35.5. The molecule has 1 N–H and O–H groups in total. The highest BCUT2D eigenvalue weighted by Gasteiger charge is 2.26. The van der Waals surface area contributed by atoms with E-state index in [1.165, 1.54) is 5.56 Å². The molecule has 1 unspecified atom stereocenters. The number of benzene rings is 1. The molecule has 1 atom stereocenters. The zero-order valence-corrected chi connectivity index (χ0v) is 16.5. The zero-order valence-electron chi connectivity index (χ0n) is 15.7. The Labute approximate surface area is 169 Å². The molecule has 2 aromatic heterocycles. The van der Waals surface area contributed by atoms with Gasteiger partial charge in [0.05, 0.1) is 6.54 Å². The zero-order chi connectivity index (χ0) is 19.3. The number of carbonyl (C=O) groups excluding carboxylic acids is 1. The van der Waals surface area contributed by atoms with Crippen molar-refractivity contribution in [2.24, 2.45) is 0 Å². The molecule has 1 saturated heterocycles. The van der Waals surface area contributed by atoms with Gasteiger partial charge in [-0.1, -0.05) is 29.8 Å². The van der Waals surface area contributed by atoms with Crippen molar-refractivity contribution in [2.45, 2.75) is 25.2 Å². The van der Waals surface area contributed by atoms with Crippen LogP contribution in [0.15, 0.2) is 48.7 Å². The van der Waals surface area contributed by atoms with Gasteiger partial charge >= 0.3 is 0 Å². The minimum Gasteiger partial charge on any atom is -0.355 e. The van der Waals surface area contributed by atoms with Crippen LogP contribution < -0.4 is 5.32 Å². The van der Waals surface area contributed by atoms with Crippen LogP contribution in [0.3, 0.4) is 0 Å². The lowest BCUT2D eigenvalue weighted by molar-refractivity contribution is -0.122. The molecule has 28 heavy (non-hydrogen) atoms. The molecule has 0 spiro atoms. The van der Waals surface area contributed by atoms with Crippen LogP contribution in [0.1, 0.15) is 30.1 Å². The van der Waals surface area contributed by atoms with Crippen molar-refractivity contribution in [2.75, 3.05) is 26.2 Å². The third kappa shape index (κ3) is 4.51. The summed E-state index contributed by atoms with van der Waals surface area (Å²) in [5.74, 6) is 1.36. The number of hydrogen-bond acceptors (Lipinski definition) is 4. The van der Waals surface area contributed by atoms with E-state index in [-0.39, 0.29) is 5.91 Å². The summed E-state index contributed by atoms with van der Waals surface area (Å²) < 4.78 is 2.06. The fourth-order valence-electron chi connectivity index (χ4n) is 3.80. The lowest BCUT2D eigenvalue weighted by atomic mass is 9.97. The van der Waals surface area contributed by atoms with Crippen LogP contribution >= 0.6 is 11.6 Å². The Morgan fingerprint density at radius 1 is 1.18 bits per heavy atom. The third-order valence-electron chi connectivity index (χ3n) is 5.23. The Morgan fingerprint density at radius 3 is 2.89 bits per heavy atom. The highest BCUT2D eigenvalue weighted by molar-refractivity contribution is 6.30. The number of rotatable bonds is 6. The number of halogens is 1. The molecule has 1 fully saturated rings. The van der Waals surface area contributed by atoms with Crippen LogP contribution in [-0.2, 0) is 11.2 Å².